The number of esters is 1. The molecule has 0 spiro atoms. The van der Waals surface area contributed by atoms with Gasteiger partial charge in [0.1, 0.15) is 0 Å². The summed E-state index contributed by atoms with van der Waals surface area (Å²) < 4.78 is 5.51. The summed E-state index contributed by atoms with van der Waals surface area (Å²) >= 11 is 0. The Labute approximate surface area is 526 Å². The molecule has 2 atom stereocenters. The summed E-state index contributed by atoms with van der Waals surface area (Å²) in [5, 5.41) is 23.2. The highest BCUT2D eigenvalue weighted by Crippen LogP contribution is 2.20. The molecule has 6 heteroatoms. The molecular formula is C78H151NO5. The van der Waals surface area contributed by atoms with Crippen molar-refractivity contribution in [2.75, 3.05) is 13.2 Å². The third-order valence-corrected chi connectivity index (χ3v) is 18.2. The first-order valence-corrected chi connectivity index (χ1v) is 38.6. The van der Waals surface area contributed by atoms with Crippen molar-refractivity contribution in [2.24, 2.45) is 0 Å². The van der Waals surface area contributed by atoms with Crippen LogP contribution in [0.25, 0.3) is 0 Å². The van der Waals surface area contributed by atoms with Gasteiger partial charge in [-0.25, -0.2) is 0 Å². The SMILES string of the molecule is CCCCCCCC/C=C\CCCCCCCCCC(=O)OCCCCCCCCCCCCCCCCCCCC/C=C\CCCCCCCCCCCCCCCCCCCC(=O)NC(CO)C(O)CCCCCCCCCCCCC. The van der Waals surface area contributed by atoms with Gasteiger partial charge in [0.05, 0.1) is 25.4 Å². The number of carbonyl (C=O) groups excluding carboxylic acids is 2. The molecule has 0 aliphatic carbocycles. The molecule has 84 heavy (non-hydrogen) atoms. The first-order chi connectivity index (χ1) is 41.5. The molecule has 0 aromatic rings. The molecule has 1 amide bonds. The summed E-state index contributed by atoms with van der Waals surface area (Å²) in [6.45, 7) is 4.98. The number of aliphatic hydroxyl groups is 2. The van der Waals surface area contributed by atoms with E-state index in [4.69, 9.17) is 4.74 Å². The second-order valence-electron chi connectivity index (χ2n) is 26.7. The molecule has 0 aromatic carbocycles. The topological polar surface area (TPSA) is 95.9 Å². The highest BCUT2D eigenvalue weighted by atomic mass is 16.5. The fraction of sp³-hybridized carbons (Fsp3) is 0.923. The van der Waals surface area contributed by atoms with Gasteiger partial charge in [-0.15, -0.1) is 0 Å². The van der Waals surface area contributed by atoms with E-state index < -0.39 is 12.1 Å². The number of rotatable bonds is 73. The van der Waals surface area contributed by atoms with Crippen molar-refractivity contribution in [2.45, 2.75) is 450 Å². The van der Waals surface area contributed by atoms with Crippen molar-refractivity contribution in [3.05, 3.63) is 24.3 Å². The fourth-order valence-corrected chi connectivity index (χ4v) is 12.3. The van der Waals surface area contributed by atoms with Crippen LogP contribution in [0, 0.1) is 0 Å². The Morgan fingerprint density at radius 1 is 0.321 bits per heavy atom. The van der Waals surface area contributed by atoms with Crippen LogP contribution < -0.4 is 5.32 Å². The van der Waals surface area contributed by atoms with Crippen LogP contribution in [0.5, 0.6) is 0 Å². The van der Waals surface area contributed by atoms with E-state index in [1.807, 2.05) is 0 Å². The lowest BCUT2D eigenvalue weighted by Gasteiger charge is -2.22. The largest absolute Gasteiger partial charge is 0.466 e. The van der Waals surface area contributed by atoms with Crippen LogP contribution in [-0.4, -0.2) is 47.4 Å². The molecule has 2 unspecified atom stereocenters. The van der Waals surface area contributed by atoms with Gasteiger partial charge in [-0.1, -0.05) is 372 Å². The van der Waals surface area contributed by atoms with E-state index in [1.54, 1.807) is 0 Å². The number of ether oxygens (including phenoxy) is 1. The number of carbonyl (C=O) groups is 2. The molecule has 498 valence electrons. The molecule has 0 saturated carbocycles. The zero-order valence-electron chi connectivity index (χ0n) is 57.2. The van der Waals surface area contributed by atoms with E-state index in [0.29, 0.717) is 25.9 Å². The van der Waals surface area contributed by atoms with Crippen molar-refractivity contribution < 1.29 is 24.5 Å². The lowest BCUT2D eigenvalue weighted by atomic mass is 10.0. The number of hydrogen-bond acceptors (Lipinski definition) is 5. The van der Waals surface area contributed by atoms with E-state index in [2.05, 4.69) is 43.5 Å². The van der Waals surface area contributed by atoms with E-state index in [-0.39, 0.29) is 18.5 Å². The Balaban J connectivity index is 3.29. The molecule has 0 fully saturated rings. The van der Waals surface area contributed by atoms with Gasteiger partial charge in [-0.2, -0.15) is 0 Å². The van der Waals surface area contributed by atoms with E-state index in [0.717, 1.165) is 38.5 Å². The smallest absolute Gasteiger partial charge is 0.305 e. The third kappa shape index (κ3) is 69.4. The molecule has 0 aliphatic heterocycles. The van der Waals surface area contributed by atoms with Crippen LogP contribution in [0.4, 0.5) is 0 Å². The normalized spacial score (nSPS) is 12.6. The number of hydrogen-bond donors (Lipinski definition) is 3. The molecule has 0 radical (unpaired) electrons. The Hall–Kier alpha value is -1.66. The Morgan fingerprint density at radius 2 is 0.560 bits per heavy atom. The van der Waals surface area contributed by atoms with Crippen molar-refractivity contribution >= 4 is 11.9 Å². The lowest BCUT2D eigenvalue weighted by Crippen LogP contribution is -2.45. The highest BCUT2D eigenvalue weighted by molar-refractivity contribution is 5.76. The second kappa shape index (κ2) is 73.8. The van der Waals surface area contributed by atoms with Crippen molar-refractivity contribution in [3.63, 3.8) is 0 Å². The number of aliphatic hydroxyl groups excluding tert-OH is 2. The molecule has 0 saturated heterocycles. The maximum Gasteiger partial charge on any atom is 0.305 e. The Morgan fingerprint density at radius 3 is 0.845 bits per heavy atom. The molecular weight excluding hydrogens is 1030 g/mol. The number of unbranched alkanes of at least 4 members (excludes halogenated alkanes) is 58. The van der Waals surface area contributed by atoms with Gasteiger partial charge >= 0.3 is 5.97 Å². The number of allylic oxidation sites excluding steroid dienone is 4. The van der Waals surface area contributed by atoms with E-state index in [1.165, 1.54) is 366 Å². The van der Waals surface area contributed by atoms with Crippen molar-refractivity contribution in [1.29, 1.82) is 0 Å². The van der Waals surface area contributed by atoms with E-state index >= 15 is 0 Å². The highest BCUT2D eigenvalue weighted by Gasteiger charge is 2.20. The van der Waals surface area contributed by atoms with Crippen molar-refractivity contribution in [1.82, 2.24) is 5.32 Å². The standard InChI is InChI=1S/C78H151NO5/c1-3-5-7-9-11-13-15-16-17-41-45-48-52-56-60-64-68-72-78(83)84-73-69-65-61-57-53-49-46-43-40-38-36-34-32-30-28-26-24-22-20-18-19-21-23-25-27-29-31-33-35-37-39-42-44-47-51-55-59-63-67-71-77(82)79-75(74-80)76(81)70-66-62-58-54-50-14-12-10-8-6-4-2/h16-19,75-76,80-81H,3-15,20-74H2,1-2H3,(H,79,82)/b17-16-,19-18-. The molecule has 0 rings (SSSR count). The summed E-state index contributed by atoms with van der Waals surface area (Å²) in [6.07, 6.45) is 94.2. The zero-order valence-corrected chi connectivity index (χ0v) is 57.2. The van der Waals surface area contributed by atoms with Crippen LogP contribution in [0.15, 0.2) is 24.3 Å². The number of nitrogens with one attached hydrogen (secondary N) is 1. The fourth-order valence-electron chi connectivity index (χ4n) is 12.3. The summed E-state index contributed by atoms with van der Waals surface area (Å²) in [4.78, 5) is 24.6. The average molecular weight is 1180 g/mol. The summed E-state index contributed by atoms with van der Waals surface area (Å²) in [7, 11) is 0. The van der Waals surface area contributed by atoms with Gasteiger partial charge in [-0.05, 0) is 77.0 Å². The molecule has 3 N–H and O–H groups in total. The maximum absolute atomic E-state index is 12.5. The van der Waals surface area contributed by atoms with Crippen LogP contribution >= 0.6 is 0 Å². The zero-order chi connectivity index (χ0) is 60.6. The van der Waals surface area contributed by atoms with Gasteiger partial charge in [0.15, 0.2) is 0 Å². The Bertz CT molecular complexity index is 1320. The van der Waals surface area contributed by atoms with Crippen LogP contribution in [0.3, 0.4) is 0 Å². The minimum absolute atomic E-state index is 0.0199. The monoisotopic (exact) mass is 1180 g/mol. The van der Waals surface area contributed by atoms with Gasteiger partial charge in [0, 0.05) is 12.8 Å². The predicted octanol–water partition coefficient (Wildman–Crippen LogP) is 25.3. The molecule has 0 aliphatic rings. The van der Waals surface area contributed by atoms with Gasteiger partial charge in [-0.3, -0.25) is 9.59 Å². The Kier molecular flexibility index (Phi) is 72.3. The maximum atomic E-state index is 12.5. The quantitative estimate of drug-likeness (QED) is 0.0320. The predicted molar refractivity (Wildman–Crippen MR) is 370 cm³/mol. The lowest BCUT2D eigenvalue weighted by molar-refractivity contribution is -0.143. The summed E-state index contributed by atoms with van der Waals surface area (Å²) in [5.41, 5.74) is 0. The van der Waals surface area contributed by atoms with Gasteiger partial charge in [0.25, 0.3) is 0 Å². The van der Waals surface area contributed by atoms with Crippen molar-refractivity contribution in [3.8, 4) is 0 Å². The van der Waals surface area contributed by atoms with Crippen LogP contribution in [0.1, 0.15) is 438 Å². The molecule has 6 nitrogen and oxygen atoms in total. The molecule has 0 bridgehead atoms. The average Bonchev–Trinajstić information content (AvgIpc) is 3.53. The van der Waals surface area contributed by atoms with E-state index in [9.17, 15) is 19.8 Å². The van der Waals surface area contributed by atoms with Crippen LogP contribution in [-0.2, 0) is 14.3 Å². The van der Waals surface area contributed by atoms with Gasteiger partial charge in [0.2, 0.25) is 5.91 Å². The third-order valence-electron chi connectivity index (χ3n) is 18.2. The summed E-state index contributed by atoms with van der Waals surface area (Å²) in [6, 6.07) is -0.536. The van der Waals surface area contributed by atoms with Gasteiger partial charge < -0.3 is 20.3 Å². The summed E-state index contributed by atoms with van der Waals surface area (Å²) in [5.74, 6) is -0.00943. The number of amides is 1. The molecule has 0 heterocycles. The minimum Gasteiger partial charge on any atom is -0.466 e. The molecule has 0 aromatic heterocycles. The second-order valence-corrected chi connectivity index (χ2v) is 26.7. The first kappa shape index (κ1) is 82.3. The van der Waals surface area contributed by atoms with Crippen LogP contribution in [0.2, 0.25) is 0 Å². The minimum atomic E-state index is -0.659. The first-order valence-electron chi connectivity index (χ1n) is 38.6.